The third-order valence-corrected chi connectivity index (χ3v) is 9.78. The van der Waals surface area contributed by atoms with E-state index >= 15 is 0 Å². The van der Waals surface area contributed by atoms with Crippen LogP contribution in [0.5, 0.6) is 5.75 Å². The smallest absolute Gasteiger partial charge is 0.352 e. The van der Waals surface area contributed by atoms with E-state index in [1.54, 1.807) is 4.90 Å². The molecule has 2 fully saturated rings. The molecule has 19 heteroatoms. The van der Waals surface area contributed by atoms with E-state index in [0.717, 1.165) is 23.6 Å². The summed E-state index contributed by atoms with van der Waals surface area (Å²) in [7, 11) is 3.18. The monoisotopic (exact) mass is 661 g/mol. The number of carbonyl (C=O) groups excluding carboxylic acids is 4. The van der Waals surface area contributed by atoms with E-state index in [1.807, 2.05) is 7.05 Å². The molecule has 3 aliphatic rings. The lowest BCUT2D eigenvalue weighted by Crippen LogP contribution is -2.71. The van der Waals surface area contributed by atoms with Gasteiger partial charge in [-0.2, -0.15) is 0 Å². The Kier molecular flexibility index (Phi) is 8.94. The van der Waals surface area contributed by atoms with Gasteiger partial charge in [-0.1, -0.05) is 5.16 Å². The van der Waals surface area contributed by atoms with Crippen molar-refractivity contribution in [3.63, 3.8) is 0 Å². The third-order valence-electron chi connectivity index (χ3n) is 7.67. The van der Waals surface area contributed by atoms with Gasteiger partial charge in [-0.25, -0.2) is 9.78 Å². The molecule has 0 aromatic carbocycles. The topological polar surface area (TPSA) is 224 Å². The first-order valence-electron chi connectivity index (χ1n) is 13.5. The first-order chi connectivity index (χ1) is 21.5. The number of nitrogens with one attached hydrogen (secondary N) is 3. The highest BCUT2D eigenvalue weighted by atomic mass is 32.2. The summed E-state index contributed by atoms with van der Waals surface area (Å²) in [6.45, 7) is 2.00. The van der Waals surface area contributed by atoms with Gasteiger partial charge in [0.15, 0.2) is 16.6 Å². The Hall–Kier alpha value is -4.75. The highest BCUT2D eigenvalue weighted by Gasteiger charge is 2.55. The van der Waals surface area contributed by atoms with E-state index < -0.39 is 40.4 Å². The average molecular weight is 662 g/mol. The number of aromatic hydroxyl groups is 1. The van der Waals surface area contributed by atoms with E-state index in [-0.39, 0.29) is 33.8 Å². The summed E-state index contributed by atoms with van der Waals surface area (Å²) in [6.07, 6.45) is 1.50. The zero-order chi connectivity index (χ0) is 32.5. The normalized spacial score (nSPS) is 21.0. The summed E-state index contributed by atoms with van der Waals surface area (Å²) in [5.74, 6) is -3.17. The number of carboxylic acid groups (broad SMARTS) is 1. The second-order valence-corrected chi connectivity index (χ2v) is 12.6. The number of anilines is 1. The molecule has 5 rings (SSSR count). The summed E-state index contributed by atoms with van der Waals surface area (Å²) in [5.41, 5.74) is -0.267. The van der Waals surface area contributed by atoms with Crippen molar-refractivity contribution in [3.8, 4) is 5.75 Å². The van der Waals surface area contributed by atoms with Crippen LogP contribution in [0.1, 0.15) is 16.2 Å². The second kappa shape index (κ2) is 12.7. The lowest BCUT2D eigenvalue weighted by Gasteiger charge is -2.50. The molecule has 45 heavy (non-hydrogen) atoms. The Morgan fingerprint density at radius 1 is 1.29 bits per heavy atom. The van der Waals surface area contributed by atoms with Crippen LogP contribution in [0.3, 0.4) is 0 Å². The van der Waals surface area contributed by atoms with Gasteiger partial charge in [-0.15, -0.1) is 23.1 Å². The van der Waals surface area contributed by atoms with Crippen LogP contribution in [-0.2, 0) is 24.0 Å². The SMILES string of the molecule is CON=C(C(=O)N[C@@H]1C(=O)N2C(C(=O)O)=C(C[N+]3(C)CCN(C(=O)c4cc(=O)c(O)c[nH]4)CC3)CS[C@H]12)c1csc(NC=O)n1. The number of carbonyl (C=O) groups is 5. The zero-order valence-corrected chi connectivity index (χ0v) is 25.6. The summed E-state index contributed by atoms with van der Waals surface area (Å²) in [5, 5.41) is 29.3. The molecule has 2 aromatic heterocycles. The number of hydrogen-bond acceptors (Lipinski definition) is 12. The van der Waals surface area contributed by atoms with E-state index in [1.165, 1.54) is 29.2 Å². The van der Waals surface area contributed by atoms with Gasteiger partial charge in [0.05, 0.1) is 33.2 Å². The molecule has 0 unspecified atom stereocenters. The molecule has 0 spiro atoms. The molecule has 0 saturated carbocycles. The van der Waals surface area contributed by atoms with E-state index in [2.05, 4.69) is 25.8 Å². The number of amides is 4. The summed E-state index contributed by atoms with van der Waals surface area (Å²) in [6, 6.07) is 0.0324. The second-order valence-electron chi connectivity index (χ2n) is 10.7. The predicted octanol–water partition coefficient (Wildman–Crippen LogP) is -1.20. The van der Waals surface area contributed by atoms with Crippen molar-refractivity contribution in [1.29, 1.82) is 0 Å². The number of β-lactam (4-membered cyclic amide) rings is 1. The van der Waals surface area contributed by atoms with Crippen LogP contribution in [-0.4, -0.2) is 134 Å². The molecule has 5 N–H and O–H groups in total. The Morgan fingerprint density at radius 3 is 2.67 bits per heavy atom. The fourth-order valence-corrected chi connectivity index (χ4v) is 7.33. The van der Waals surface area contributed by atoms with Crippen molar-refractivity contribution in [2.24, 2.45) is 5.16 Å². The number of aromatic nitrogens is 2. The maximum absolute atomic E-state index is 13.2. The van der Waals surface area contributed by atoms with E-state index in [9.17, 15) is 39.0 Å². The summed E-state index contributed by atoms with van der Waals surface area (Å²) >= 11 is 2.39. The average Bonchev–Trinajstić information content (AvgIpc) is 3.47. The largest absolute Gasteiger partial charge is 0.503 e. The highest BCUT2D eigenvalue weighted by molar-refractivity contribution is 8.00. The maximum Gasteiger partial charge on any atom is 0.352 e. The molecule has 4 amide bonds. The van der Waals surface area contributed by atoms with Crippen LogP contribution in [0.15, 0.2) is 38.9 Å². The summed E-state index contributed by atoms with van der Waals surface area (Å²) in [4.78, 5) is 88.4. The number of H-pyrrole nitrogens is 1. The number of likely N-dealkylation sites (N-methyl/N-ethyl adjacent to an activating group) is 1. The number of aliphatic carboxylic acids is 1. The molecule has 3 aliphatic heterocycles. The van der Waals surface area contributed by atoms with E-state index in [0.29, 0.717) is 54.9 Å². The van der Waals surface area contributed by atoms with Gasteiger partial charge in [0.1, 0.15) is 42.2 Å². The van der Waals surface area contributed by atoms with Crippen LogP contribution in [0, 0.1) is 0 Å². The molecule has 0 bridgehead atoms. The minimum Gasteiger partial charge on any atom is -0.503 e. The first kappa shape index (κ1) is 31.7. The van der Waals surface area contributed by atoms with Gasteiger partial charge >= 0.3 is 5.97 Å². The number of carboxylic acids is 1. The number of aromatic amines is 1. The van der Waals surface area contributed by atoms with Crippen molar-refractivity contribution >= 4 is 64.0 Å². The molecule has 2 atom stereocenters. The molecule has 2 aromatic rings. The summed E-state index contributed by atoms with van der Waals surface area (Å²) < 4.78 is 0.418. The van der Waals surface area contributed by atoms with Gasteiger partial charge in [0.25, 0.3) is 17.7 Å². The molecule has 2 saturated heterocycles. The third kappa shape index (κ3) is 6.26. The quantitative estimate of drug-likeness (QED) is 0.0668. The van der Waals surface area contributed by atoms with E-state index in [4.69, 9.17) is 4.84 Å². The van der Waals surface area contributed by atoms with Crippen molar-refractivity contribution in [1.82, 2.24) is 25.1 Å². The number of pyridine rings is 1. The number of oxime groups is 1. The molecule has 238 valence electrons. The van der Waals surface area contributed by atoms with Gasteiger partial charge in [-0.05, 0) is 0 Å². The molecule has 0 radical (unpaired) electrons. The van der Waals surface area contributed by atoms with Crippen molar-refractivity contribution in [2.75, 3.05) is 58.0 Å². The Labute approximate surface area is 263 Å². The predicted molar refractivity (Wildman–Crippen MR) is 160 cm³/mol. The Bertz CT molecular complexity index is 1680. The van der Waals surface area contributed by atoms with Crippen LogP contribution < -0.4 is 16.1 Å². The van der Waals surface area contributed by atoms with Gasteiger partial charge < -0.3 is 40.1 Å². The van der Waals surface area contributed by atoms with Gasteiger partial charge in [0.2, 0.25) is 11.8 Å². The molecule has 0 aliphatic carbocycles. The molecule has 17 nitrogen and oxygen atoms in total. The fraction of sp³-hybridized carbons (Fsp3) is 0.385. The van der Waals surface area contributed by atoms with Crippen molar-refractivity contribution < 1.29 is 43.5 Å². The number of thiazole rings is 1. The number of hydrogen-bond donors (Lipinski definition) is 5. The van der Waals surface area contributed by atoms with Crippen molar-refractivity contribution in [2.45, 2.75) is 11.4 Å². The molecular formula is C26H29N8O9S2+. The van der Waals surface area contributed by atoms with Gasteiger partial charge in [-0.3, -0.25) is 28.9 Å². The maximum atomic E-state index is 13.2. The number of piperazine rings is 1. The minimum absolute atomic E-state index is 0.0595. The number of nitrogens with zero attached hydrogens (tertiary/aromatic N) is 5. The van der Waals surface area contributed by atoms with Crippen LogP contribution in [0.4, 0.5) is 5.13 Å². The highest BCUT2D eigenvalue weighted by Crippen LogP contribution is 2.41. The number of fused-ring (bicyclic) bond motifs is 1. The Morgan fingerprint density at radius 2 is 2.02 bits per heavy atom. The van der Waals surface area contributed by atoms with Crippen LogP contribution >= 0.6 is 23.1 Å². The number of rotatable bonds is 10. The van der Waals surface area contributed by atoms with Crippen LogP contribution in [0.25, 0.3) is 0 Å². The standard InChI is InChI=1S/C26H28N8O9S2/c1-34(5-3-32(4-6-34)22(39)14-7-16(36)17(37)8-27-14)9-13-10-44-24-19(23(40)33(24)20(13)25(41)42)30-21(38)18(31-43-2)15-11-45-26(29-15)28-12-35/h7-8,11-12,19,24H,3-6,9-10H2,1-2H3,(H4-,27,28,29,30,31,35,36,37,38,39,41,42)/p+1/t19-,24-/m1/s1. The molecule has 5 heterocycles. The fourth-order valence-electron chi connectivity index (χ4n) is 5.34. The minimum atomic E-state index is -1.26. The first-order valence-corrected chi connectivity index (χ1v) is 15.4. The lowest BCUT2D eigenvalue weighted by atomic mass is 10.0. The van der Waals surface area contributed by atoms with Crippen LogP contribution in [0.2, 0.25) is 0 Å². The number of quaternary nitrogens is 1. The Balaban J connectivity index is 1.25. The zero-order valence-electron chi connectivity index (χ0n) is 24.0. The van der Waals surface area contributed by atoms with Crippen molar-refractivity contribution in [3.05, 3.63) is 50.5 Å². The van der Waals surface area contributed by atoms with Gasteiger partial charge in [0, 0.05) is 29.0 Å². The number of thioether (sulfide) groups is 1. The lowest BCUT2D eigenvalue weighted by molar-refractivity contribution is -0.908. The molecular weight excluding hydrogens is 632 g/mol.